The van der Waals surface area contributed by atoms with E-state index in [9.17, 15) is 4.79 Å². The topological polar surface area (TPSA) is 99.9 Å². The lowest BCUT2D eigenvalue weighted by atomic mass is 10.0. The van der Waals surface area contributed by atoms with Gasteiger partial charge in [0.1, 0.15) is 5.82 Å². The molecule has 0 aromatic carbocycles. The SMILES string of the molecule is Cc1noc(NCC2CCCCN2c2ccc(=O)[nH]n2)n1. The Balaban J connectivity index is 1.69. The maximum atomic E-state index is 11.1. The number of nitrogens with one attached hydrogen (secondary N) is 2. The standard InChI is InChI=1S/C13H18N6O2/c1-9-15-13(21-18-9)14-8-10-4-2-3-7-19(10)11-5-6-12(20)17-16-11/h5-6,10H,2-4,7-8H2,1H3,(H,17,20)(H,14,15,18). The quantitative estimate of drug-likeness (QED) is 0.864. The van der Waals surface area contributed by atoms with Crippen molar-refractivity contribution in [2.45, 2.75) is 32.2 Å². The lowest BCUT2D eigenvalue weighted by Crippen LogP contribution is -2.44. The number of H-pyrrole nitrogens is 1. The molecule has 2 N–H and O–H groups in total. The Bertz CT molecular complexity index is 632. The maximum Gasteiger partial charge on any atom is 0.321 e. The molecule has 0 aliphatic carbocycles. The molecule has 21 heavy (non-hydrogen) atoms. The van der Waals surface area contributed by atoms with Crippen molar-refractivity contribution in [3.63, 3.8) is 0 Å². The van der Waals surface area contributed by atoms with E-state index in [0.29, 0.717) is 18.4 Å². The summed E-state index contributed by atoms with van der Waals surface area (Å²) in [6.45, 7) is 3.41. The van der Waals surface area contributed by atoms with Crippen LogP contribution in [0.3, 0.4) is 0 Å². The van der Waals surface area contributed by atoms with Crippen LogP contribution < -0.4 is 15.8 Å². The first-order valence-electron chi connectivity index (χ1n) is 7.09. The van der Waals surface area contributed by atoms with Gasteiger partial charge in [0, 0.05) is 25.2 Å². The minimum absolute atomic E-state index is 0.188. The Kier molecular flexibility index (Phi) is 3.85. The molecule has 112 valence electrons. The lowest BCUT2D eigenvalue weighted by Gasteiger charge is -2.36. The van der Waals surface area contributed by atoms with Crippen molar-refractivity contribution >= 4 is 11.8 Å². The van der Waals surface area contributed by atoms with E-state index in [1.54, 1.807) is 13.0 Å². The van der Waals surface area contributed by atoms with Crippen LogP contribution in [0.1, 0.15) is 25.1 Å². The highest BCUT2D eigenvalue weighted by atomic mass is 16.5. The van der Waals surface area contributed by atoms with Crippen LogP contribution >= 0.6 is 0 Å². The zero-order chi connectivity index (χ0) is 14.7. The third-order valence-electron chi connectivity index (χ3n) is 3.60. The van der Waals surface area contributed by atoms with Crippen LogP contribution in [-0.2, 0) is 0 Å². The summed E-state index contributed by atoms with van der Waals surface area (Å²) >= 11 is 0. The highest BCUT2D eigenvalue weighted by Gasteiger charge is 2.24. The molecule has 1 aliphatic heterocycles. The molecule has 1 atom stereocenters. The number of aromatic amines is 1. The van der Waals surface area contributed by atoms with Crippen molar-refractivity contribution < 1.29 is 4.52 Å². The molecule has 1 unspecified atom stereocenters. The molecular weight excluding hydrogens is 272 g/mol. The number of hydrogen-bond acceptors (Lipinski definition) is 7. The van der Waals surface area contributed by atoms with Gasteiger partial charge in [-0.1, -0.05) is 5.16 Å². The van der Waals surface area contributed by atoms with Gasteiger partial charge >= 0.3 is 6.01 Å². The normalized spacial score (nSPS) is 18.7. The zero-order valence-electron chi connectivity index (χ0n) is 11.9. The highest BCUT2D eigenvalue weighted by molar-refractivity contribution is 5.39. The molecule has 8 heteroatoms. The molecule has 2 aromatic rings. The molecule has 1 aliphatic rings. The van der Waals surface area contributed by atoms with Crippen LogP contribution in [0.4, 0.5) is 11.8 Å². The van der Waals surface area contributed by atoms with Gasteiger partial charge in [0.2, 0.25) is 0 Å². The van der Waals surface area contributed by atoms with Crippen LogP contribution in [0.2, 0.25) is 0 Å². The average Bonchev–Trinajstić information content (AvgIpc) is 2.92. The monoisotopic (exact) mass is 290 g/mol. The van der Waals surface area contributed by atoms with Gasteiger partial charge in [0.15, 0.2) is 5.82 Å². The Morgan fingerprint density at radius 2 is 2.38 bits per heavy atom. The van der Waals surface area contributed by atoms with Crippen molar-refractivity contribution in [3.8, 4) is 0 Å². The van der Waals surface area contributed by atoms with Crippen molar-refractivity contribution in [3.05, 3.63) is 28.3 Å². The van der Waals surface area contributed by atoms with E-state index in [4.69, 9.17) is 4.52 Å². The lowest BCUT2D eigenvalue weighted by molar-refractivity contribution is 0.417. The number of rotatable bonds is 4. The van der Waals surface area contributed by atoms with Gasteiger partial charge in [0.05, 0.1) is 0 Å². The second kappa shape index (κ2) is 5.94. The molecule has 0 spiro atoms. The molecular formula is C13H18N6O2. The van der Waals surface area contributed by atoms with Gasteiger partial charge in [-0.05, 0) is 32.3 Å². The van der Waals surface area contributed by atoms with Crippen LogP contribution in [0.5, 0.6) is 0 Å². The molecule has 0 amide bonds. The fourth-order valence-electron chi connectivity index (χ4n) is 2.59. The summed E-state index contributed by atoms with van der Waals surface area (Å²) in [6, 6.07) is 3.98. The van der Waals surface area contributed by atoms with E-state index in [1.807, 2.05) is 0 Å². The predicted octanol–water partition coefficient (Wildman–Crippen LogP) is 0.932. The van der Waals surface area contributed by atoms with Gasteiger partial charge < -0.3 is 14.7 Å². The number of nitrogens with zero attached hydrogens (tertiary/aromatic N) is 4. The molecule has 0 saturated carbocycles. The molecule has 3 heterocycles. The zero-order valence-corrected chi connectivity index (χ0v) is 11.9. The third-order valence-corrected chi connectivity index (χ3v) is 3.60. The van der Waals surface area contributed by atoms with Gasteiger partial charge in [-0.3, -0.25) is 4.79 Å². The summed E-state index contributed by atoms with van der Waals surface area (Å²) in [5, 5.41) is 13.5. The minimum atomic E-state index is -0.188. The van der Waals surface area contributed by atoms with Crippen LogP contribution in [0.25, 0.3) is 0 Å². The maximum absolute atomic E-state index is 11.1. The van der Waals surface area contributed by atoms with E-state index in [0.717, 1.165) is 25.2 Å². The average molecular weight is 290 g/mol. The summed E-state index contributed by atoms with van der Waals surface area (Å²) in [6.07, 6.45) is 3.35. The Morgan fingerprint density at radius 3 is 3.10 bits per heavy atom. The van der Waals surface area contributed by atoms with Gasteiger partial charge in [0.25, 0.3) is 5.56 Å². The second-order valence-corrected chi connectivity index (χ2v) is 5.15. The number of hydrogen-bond donors (Lipinski definition) is 2. The summed E-state index contributed by atoms with van der Waals surface area (Å²) in [5.41, 5.74) is -0.188. The summed E-state index contributed by atoms with van der Waals surface area (Å²) < 4.78 is 5.06. The van der Waals surface area contributed by atoms with Gasteiger partial charge in [-0.25, -0.2) is 5.10 Å². The number of anilines is 2. The Hall–Kier alpha value is -2.38. The van der Waals surface area contributed by atoms with E-state index in [-0.39, 0.29) is 11.6 Å². The van der Waals surface area contributed by atoms with Crippen LogP contribution in [-0.4, -0.2) is 39.5 Å². The third kappa shape index (κ3) is 3.21. The van der Waals surface area contributed by atoms with Gasteiger partial charge in [-0.2, -0.15) is 10.1 Å². The van der Waals surface area contributed by atoms with Crippen molar-refractivity contribution in [1.82, 2.24) is 20.3 Å². The molecule has 8 nitrogen and oxygen atoms in total. The predicted molar refractivity (Wildman–Crippen MR) is 77.4 cm³/mol. The molecule has 2 aromatic heterocycles. The first kappa shape index (κ1) is 13.6. The van der Waals surface area contributed by atoms with E-state index in [2.05, 4.69) is 30.6 Å². The fraction of sp³-hybridized carbons (Fsp3) is 0.538. The van der Waals surface area contributed by atoms with E-state index in [1.165, 1.54) is 12.5 Å². The van der Waals surface area contributed by atoms with Gasteiger partial charge in [-0.15, -0.1) is 0 Å². The first-order chi connectivity index (χ1) is 10.2. The van der Waals surface area contributed by atoms with Crippen LogP contribution in [0.15, 0.2) is 21.5 Å². The van der Waals surface area contributed by atoms with Crippen molar-refractivity contribution in [2.24, 2.45) is 0 Å². The van der Waals surface area contributed by atoms with Crippen molar-refractivity contribution in [1.29, 1.82) is 0 Å². The molecule has 1 fully saturated rings. The van der Waals surface area contributed by atoms with E-state index < -0.39 is 0 Å². The first-order valence-corrected chi connectivity index (χ1v) is 7.09. The molecule has 1 saturated heterocycles. The number of aromatic nitrogens is 4. The molecule has 0 bridgehead atoms. The minimum Gasteiger partial charge on any atom is -0.350 e. The van der Waals surface area contributed by atoms with Crippen LogP contribution in [0, 0.1) is 6.92 Å². The fourth-order valence-corrected chi connectivity index (χ4v) is 2.59. The van der Waals surface area contributed by atoms with Crippen molar-refractivity contribution in [2.75, 3.05) is 23.3 Å². The molecule has 0 radical (unpaired) electrons. The summed E-state index contributed by atoms with van der Waals surface area (Å²) in [5.74, 6) is 1.41. The second-order valence-electron chi connectivity index (χ2n) is 5.15. The summed E-state index contributed by atoms with van der Waals surface area (Å²) in [7, 11) is 0. The van der Waals surface area contributed by atoms with E-state index >= 15 is 0 Å². The smallest absolute Gasteiger partial charge is 0.321 e. The molecule has 3 rings (SSSR count). The Morgan fingerprint density at radius 1 is 1.48 bits per heavy atom. The summed E-state index contributed by atoms with van der Waals surface area (Å²) in [4.78, 5) is 17.5. The Labute approximate surface area is 121 Å². The largest absolute Gasteiger partial charge is 0.350 e. The highest BCUT2D eigenvalue weighted by Crippen LogP contribution is 2.22. The number of aryl methyl sites for hydroxylation is 1. The number of piperidine rings is 1.